The van der Waals surface area contributed by atoms with Crippen LogP contribution in [0.15, 0.2) is 47.1 Å². The zero-order valence-electron chi connectivity index (χ0n) is 15.4. The van der Waals surface area contributed by atoms with Crippen LogP contribution in [-0.4, -0.2) is 38.3 Å². The third kappa shape index (κ3) is 7.91. The summed E-state index contributed by atoms with van der Waals surface area (Å²) >= 11 is 0. The van der Waals surface area contributed by atoms with Crippen molar-refractivity contribution in [3.63, 3.8) is 0 Å². The normalized spacial score (nSPS) is 9.89. The van der Waals surface area contributed by atoms with Crippen LogP contribution >= 0.6 is 0 Å². The van der Waals surface area contributed by atoms with Gasteiger partial charge in [-0.15, -0.1) is 0 Å². The van der Waals surface area contributed by atoms with Gasteiger partial charge in [0.15, 0.2) is 11.5 Å². The van der Waals surface area contributed by atoms with E-state index in [0.717, 1.165) is 5.56 Å². The molecule has 2 amide bonds. The molecule has 8 nitrogen and oxygen atoms in total. The molecule has 0 fully saturated rings. The van der Waals surface area contributed by atoms with Crippen molar-refractivity contribution >= 4 is 23.6 Å². The molecule has 0 radical (unpaired) electrons. The fraction of sp³-hybridized carbons (Fsp3) is 0.211. The Morgan fingerprint density at radius 1 is 1.22 bits per heavy atom. The van der Waals surface area contributed by atoms with Crippen molar-refractivity contribution in [3.8, 4) is 11.5 Å². The van der Waals surface area contributed by atoms with Crippen LogP contribution in [0.1, 0.15) is 18.2 Å². The monoisotopic (exact) mass is 373 g/mol. The number of amides is 2. The summed E-state index contributed by atoms with van der Waals surface area (Å²) in [4.78, 5) is 21.3. The van der Waals surface area contributed by atoms with Gasteiger partial charge in [0.25, 0.3) is 0 Å². The number of carbonyl (C=O) groups excluding carboxylic acids is 2. The molecule has 0 spiro atoms. The van der Waals surface area contributed by atoms with Gasteiger partial charge in [0.2, 0.25) is 11.8 Å². The van der Waals surface area contributed by atoms with E-state index in [4.69, 9.17) is 25.0 Å². The van der Waals surface area contributed by atoms with Gasteiger partial charge in [0, 0.05) is 11.8 Å². The first-order valence-electron chi connectivity index (χ1n) is 7.92. The van der Waals surface area contributed by atoms with E-state index in [1.54, 1.807) is 45.4 Å². The van der Waals surface area contributed by atoms with Crippen molar-refractivity contribution < 1.29 is 23.5 Å². The molecule has 2 rings (SSSR count). The first-order chi connectivity index (χ1) is 12.9. The van der Waals surface area contributed by atoms with Gasteiger partial charge in [0.1, 0.15) is 5.76 Å². The molecule has 8 heteroatoms. The van der Waals surface area contributed by atoms with Gasteiger partial charge in [-0.3, -0.25) is 9.59 Å². The van der Waals surface area contributed by atoms with Crippen molar-refractivity contribution in [2.75, 3.05) is 20.8 Å². The molecule has 0 saturated carbocycles. The molecule has 0 aliphatic carbocycles. The molecule has 0 atom stereocenters. The number of primary amides is 1. The Balaban J connectivity index is 0.000000271. The molecule has 1 aromatic carbocycles. The lowest BCUT2D eigenvalue weighted by atomic mass is 10.1. The summed E-state index contributed by atoms with van der Waals surface area (Å²) in [6, 6.07) is 8.84. The fourth-order valence-corrected chi connectivity index (χ4v) is 1.85. The van der Waals surface area contributed by atoms with Crippen molar-refractivity contribution in [1.82, 2.24) is 5.32 Å². The Labute approximate surface area is 157 Å². The quantitative estimate of drug-likeness (QED) is 0.505. The average Bonchev–Trinajstić information content (AvgIpc) is 3.18. The van der Waals surface area contributed by atoms with E-state index in [2.05, 4.69) is 5.32 Å². The highest BCUT2D eigenvalue weighted by molar-refractivity contribution is 5.96. The highest BCUT2D eigenvalue weighted by Gasteiger charge is 2.04. The first kappa shape index (κ1) is 21.5. The SMILES string of the molecule is COc1ccc(C(C)=N)cc1OC.NC(=O)CNC(=O)/C=C\c1ccco1. The van der Waals surface area contributed by atoms with E-state index in [1.807, 2.05) is 6.07 Å². The molecule has 0 aliphatic rings. The number of nitrogens with two attached hydrogens (primary N) is 1. The number of carbonyl (C=O) groups is 2. The second-order valence-electron chi connectivity index (χ2n) is 5.23. The van der Waals surface area contributed by atoms with Gasteiger partial charge in [0.05, 0.1) is 27.0 Å². The van der Waals surface area contributed by atoms with Crippen LogP contribution in [0.5, 0.6) is 11.5 Å². The van der Waals surface area contributed by atoms with Gasteiger partial charge in [-0.2, -0.15) is 0 Å². The Morgan fingerprint density at radius 3 is 2.44 bits per heavy atom. The third-order valence-corrected chi connectivity index (χ3v) is 3.20. The van der Waals surface area contributed by atoms with Gasteiger partial charge in [-0.05, 0) is 48.9 Å². The number of benzene rings is 1. The molecule has 27 heavy (non-hydrogen) atoms. The minimum Gasteiger partial charge on any atom is -0.493 e. The molecule has 0 aliphatic heterocycles. The second-order valence-corrected chi connectivity index (χ2v) is 5.23. The van der Waals surface area contributed by atoms with Crippen molar-refractivity contribution in [3.05, 3.63) is 54.0 Å². The van der Waals surface area contributed by atoms with E-state index in [-0.39, 0.29) is 12.5 Å². The molecule has 4 N–H and O–H groups in total. The number of methoxy groups -OCH3 is 2. The molecule has 0 bridgehead atoms. The third-order valence-electron chi connectivity index (χ3n) is 3.20. The number of hydrogen-bond acceptors (Lipinski definition) is 6. The number of nitrogens with one attached hydrogen (secondary N) is 2. The standard InChI is InChI=1S/C10H13NO2.C9H10N2O3/c1-7(11)8-4-5-9(12-2)10(6-8)13-3;10-8(12)6-11-9(13)4-3-7-2-1-5-14-7/h4-6,11H,1-3H3;1-5H,6H2,(H2,10,12)(H,11,13)/b;4-3-. The molecule has 144 valence electrons. The predicted octanol–water partition coefficient (Wildman–Crippen LogP) is 1.99. The Bertz CT molecular complexity index is 798. The maximum absolute atomic E-state index is 11.0. The predicted molar refractivity (Wildman–Crippen MR) is 102 cm³/mol. The summed E-state index contributed by atoms with van der Waals surface area (Å²) in [7, 11) is 3.18. The topological polar surface area (TPSA) is 128 Å². The Kier molecular flexibility index (Phi) is 8.87. The molecule has 0 unspecified atom stereocenters. The largest absolute Gasteiger partial charge is 0.493 e. The summed E-state index contributed by atoms with van der Waals surface area (Å²) in [5.74, 6) is 0.947. The Morgan fingerprint density at radius 2 is 1.93 bits per heavy atom. The van der Waals surface area contributed by atoms with Crippen LogP contribution in [-0.2, 0) is 9.59 Å². The Hall–Kier alpha value is -3.55. The highest BCUT2D eigenvalue weighted by atomic mass is 16.5. The fourth-order valence-electron chi connectivity index (χ4n) is 1.85. The van der Waals surface area contributed by atoms with Crippen LogP contribution in [0, 0.1) is 5.41 Å². The van der Waals surface area contributed by atoms with Crippen LogP contribution in [0.2, 0.25) is 0 Å². The van der Waals surface area contributed by atoms with Crippen LogP contribution in [0.4, 0.5) is 0 Å². The van der Waals surface area contributed by atoms with Crippen LogP contribution in [0.25, 0.3) is 6.08 Å². The van der Waals surface area contributed by atoms with Gasteiger partial charge in [-0.25, -0.2) is 0 Å². The zero-order valence-corrected chi connectivity index (χ0v) is 15.4. The number of hydrogen-bond donors (Lipinski definition) is 3. The first-order valence-corrected chi connectivity index (χ1v) is 7.92. The van der Waals surface area contributed by atoms with Gasteiger partial charge in [-0.1, -0.05) is 0 Å². The van der Waals surface area contributed by atoms with Gasteiger partial charge < -0.3 is 30.4 Å². The molecule has 2 aromatic rings. The highest BCUT2D eigenvalue weighted by Crippen LogP contribution is 2.27. The molecular weight excluding hydrogens is 350 g/mol. The summed E-state index contributed by atoms with van der Waals surface area (Å²) in [5, 5.41) is 9.74. The summed E-state index contributed by atoms with van der Waals surface area (Å²) in [6.07, 6.45) is 4.26. The zero-order chi connectivity index (χ0) is 20.2. The van der Waals surface area contributed by atoms with E-state index >= 15 is 0 Å². The molecule has 0 saturated heterocycles. The smallest absolute Gasteiger partial charge is 0.244 e. The van der Waals surface area contributed by atoms with E-state index in [0.29, 0.717) is 23.0 Å². The van der Waals surface area contributed by atoms with Crippen molar-refractivity contribution in [2.24, 2.45) is 5.73 Å². The maximum atomic E-state index is 11.0. The average molecular weight is 373 g/mol. The minimum atomic E-state index is -0.579. The molecule has 1 heterocycles. The molecular formula is C19H23N3O5. The van der Waals surface area contributed by atoms with E-state index in [1.165, 1.54) is 18.4 Å². The molecule has 1 aromatic heterocycles. The van der Waals surface area contributed by atoms with Crippen LogP contribution in [0.3, 0.4) is 0 Å². The number of rotatable bonds is 7. The van der Waals surface area contributed by atoms with Crippen molar-refractivity contribution in [2.45, 2.75) is 6.92 Å². The van der Waals surface area contributed by atoms with E-state index < -0.39 is 5.91 Å². The number of furan rings is 1. The van der Waals surface area contributed by atoms with Crippen LogP contribution < -0.4 is 20.5 Å². The van der Waals surface area contributed by atoms with E-state index in [9.17, 15) is 9.59 Å². The summed E-state index contributed by atoms with van der Waals surface area (Å²) < 4.78 is 15.1. The lowest BCUT2D eigenvalue weighted by molar-refractivity contribution is -0.122. The minimum absolute atomic E-state index is 0.165. The maximum Gasteiger partial charge on any atom is 0.244 e. The summed E-state index contributed by atoms with van der Waals surface area (Å²) in [5.41, 5.74) is 6.20. The van der Waals surface area contributed by atoms with Crippen molar-refractivity contribution in [1.29, 1.82) is 5.41 Å². The van der Waals surface area contributed by atoms with Gasteiger partial charge >= 0.3 is 0 Å². The lowest BCUT2D eigenvalue weighted by Gasteiger charge is -2.08. The summed E-state index contributed by atoms with van der Waals surface area (Å²) in [6.45, 7) is 1.57. The second kappa shape index (κ2) is 11.1. The number of ether oxygens (including phenoxy) is 2. The lowest BCUT2D eigenvalue weighted by Crippen LogP contribution is -2.32.